The molecule has 1 saturated heterocycles. The lowest BCUT2D eigenvalue weighted by Gasteiger charge is -2.38. The number of morpholine rings is 1. The van der Waals surface area contributed by atoms with Gasteiger partial charge in [0.15, 0.2) is 0 Å². The Morgan fingerprint density at radius 1 is 1.50 bits per heavy atom. The van der Waals surface area contributed by atoms with Crippen molar-refractivity contribution in [3.63, 3.8) is 0 Å². The van der Waals surface area contributed by atoms with Crippen molar-refractivity contribution in [1.29, 1.82) is 0 Å². The van der Waals surface area contributed by atoms with E-state index < -0.39 is 0 Å². The number of rotatable bonds is 2. The van der Waals surface area contributed by atoms with Crippen molar-refractivity contribution in [2.45, 2.75) is 26.0 Å². The highest BCUT2D eigenvalue weighted by atomic mass is 16.5. The summed E-state index contributed by atoms with van der Waals surface area (Å²) in [6, 6.07) is 7.76. The van der Waals surface area contributed by atoms with E-state index in [2.05, 4.69) is 0 Å². The SMILES string of the molecule is Cc1ccccc1C(=O)N1CC(CN)OCC1C. The highest BCUT2D eigenvalue weighted by Crippen LogP contribution is 2.17. The Balaban J connectivity index is 2.19. The Bertz CT molecular complexity index is 434. The number of nitrogens with zero attached hydrogens (tertiary/aromatic N) is 1. The number of carbonyl (C=O) groups excluding carboxylic acids is 1. The second-order valence-electron chi connectivity index (χ2n) is 4.81. The Kier molecular flexibility index (Phi) is 3.99. The second kappa shape index (κ2) is 5.50. The molecule has 1 fully saturated rings. The molecule has 0 radical (unpaired) electrons. The maximum atomic E-state index is 12.5. The summed E-state index contributed by atoms with van der Waals surface area (Å²) in [5.74, 6) is 0.0716. The molecule has 98 valence electrons. The molecule has 2 N–H and O–H groups in total. The molecule has 1 aromatic rings. The van der Waals surface area contributed by atoms with Gasteiger partial charge >= 0.3 is 0 Å². The van der Waals surface area contributed by atoms with E-state index in [1.165, 1.54) is 0 Å². The summed E-state index contributed by atoms with van der Waals surface area (Å²) in [5.41, 5.74) is 7.39. The third kappa shape index (κ3) is 2.54. The van der Waals surface area contributed by atoms with Crippen molar-refractivity contribution < 1.29 is 9.53 Å². The first-order valence-electron chi connectivity index (χ1n) is 6.31. The third-order valence-electron chi connectivity index (χ3n) is 3.40. The zero-order chi connectivity index (χ0) is 13.1. The maximum absolute atomic E-state index is 12.5. The van der Waals surface area contributed by atoms with Crippen molar-refractivity contribution in [1.82, 2.24) is 4.90 Å². The first-order valence-corrected chi connectivity index (χ1v) is 6.31. The van der Waals surface area contributed by atoms with Crippen LogP contribution >= 0.6 is 0 Å². The van der Waals surface area contributed by atoms with Gasteiger partial charge in [0, 0.05) is 18.7 Å². The summed E-state index contributed by atoms with van der Waals surface area (Å²) >= 11 is 0. The van der Waals surface area contributed by atoms with Crippen LogP contribution in [0.5, 0.6) is 0 Å². The maximum Gasteiger partial charge on any atom is 0.254 e. The van der Waals surface area contributed by atoms with Crippen molar-refractivity contribution in [3.05, 3.63) is 35.4 Å². The fourth-order valence-electron chi connectivity index (χ4n) is 2.21. The van der Waals surface area contributed by atoms with Crippen LogP contribution in [-0.2, 0) is 4.74 Å². The first-order chi connectivity index (χ1) is 8.63. The molecule has 4 nitrogen and oxygen atoms in total. The monoisotopic (exact) mass is 248 g/mol. The zero-order valence-corrected chi connectivity index (χ0v) is 10.9. The number of hydrogen-bond acceptors (Lipinski definition) is 3. The minimum Gasteiger partial charge on any atom is -0.373 e. The highest BCUT2D eigenvalue weighted by molar-refractivity contribution is 5.95. The van der Waals surface area contributed by atoms with Crippen molar-refractivity contribution in [2.75, 3.05) is 19.7 Å². The predicted octanol–water partition coefficient (Wildman–Crippen LogP) is 1.18. The molecule has 0 aliphatic carbocycles. The molecular weight excluding hydrogens is 228 g/mol. The van der Waals surface area contributed by atoms with Crippen LogP contribution < -0.4 is 5.73 Å². The van der Waals surface area contributed by atoms with Gasteiger partial charge in [-0.3, -0.25) is 4.79 Å². The molecule has 1 aliphatic rings. The fraction of sp³-hybridized carbons (Fsp3) is 0.500. The van der Waals surface area contributed by atoms with Gasteiger partial charge in [-0.05, 0) is 25.5 Å². The van der Waals surface area contributed by atoms with E-state index in [-0.39, 0.29) is 18.1 Å². The Hall–Kier alpha value is -1.39. The van der Waals surface area contributed by atoms with Gasteiger partial charge in [0.05, 0.1) is 18.8 Å². The molecule has 2 atom stereocenters. The summed E-state index contributed by atoms with van der Waals surface area (Å²) in [4.78, 5) is 14.4. The van der Waals surface area contributed by atoms with Crippen molar-refractivity contribution in [3.8, 4) is 0 Å². The van der Waals surface area contributed by atoms with E-state index in [1.807, 2.05) is 43.0 Å². The number of nitrogens with two attached hydrogens (primary N) is 1. The number of carbonyl (C=O) groups is 1. The lowest BCUT2D eigenvalue weighted by molar-refractivity contribution is -0.0426. The highest BCUT2D eigenvalue weighted by Gasteiger charge is 2.29. The number of aryl methyl sites for hydroxylation is 1. The standard InChI is InChI=1S/C14H20N2O2/c1-10-5-3-4-6-13(10)14(17)16-8-12(7-15)18-9-11(16)2/h3-6,11-12H,7-9,15H2,1-2H3. The van der Waals surface area contributed by atoms with E-state index in [9.17, 15) is 4.79 Å². The largest absolute Gasteiger partial charge is 0.373 e. The van der Waals surface area contributed by atoms with Crippen LogP contribution in [-0.4, -0.2) is 42.6 Å². The van der Waals surface area contributed by atoms with Crippen LogP contribution in [0.2, 0.25) is 0 Å². The summed E-state index contributed by atoms with van der Waals surface area (Å²) in [5, 5.41) is 0. The molecule has 2 rings (SSSR count). The van der Waals surface area contributed by atoms with Gasteiger partial charge in [-0.1, -0.05) is 18.2 Å². The Morgan fingerprint density at radius 2 is 2.22 bits per heavy atom. The topological polar surface area (TPSA) is 55.6 Å². The van der Waals surface area contributed by atoms with E-state index in [4.69, 9.17) is 10.5 Å². The molecule has 18 heavy (non-hydrogen) atoms. The Labute approximate surface area is 108 Å². The number of ether oxygens (including phenoxy) is 1. The van der Waals surface area contributed by atoms with Crippen LogP contribution in [0.3, 0.4) is 0 Å². The molecule has 1 heterocycles. The smallest absolute Gasteiger partial charge is 0.254 e. The van der Waals surface area contributed by atoms with Crippen LogP contribution in [0, 0.1) is 6.92 Å². The van der Waals surface area contributed by atoms with Gasteiger partial charge in [0.25, 0.3) is 5.91 Å². The number of benzene rings is 1. The zero-order valence-electron chi connectivity index (χ0n) is 10.9. The third-order valence-corrected chi connectivity index (χ3v) is 3.40. The summed E-state index contributed by atoms with van der Waals surface area (Å²) in [7, 11) is 0. The van der Waals surface area contributed by atoms with E-state index >= 15 is 0 Å². The second-order valence-corrected chi connectivity index (χ2v) is 4.81. The lowest BCUT2D eigenvalue weighted by Crippen LogP contribution is -2.53. The van der Waals surface area contributed by atoms with E-state index in [0.29, 0.717) is 19.7 Å². The molecule has 4 heteroatoms. The summed E-state index contributed by atoms with van der Waals surface area (Å²) < 4.78 is 5.57. The van der Waals surface area contributed by atoms with Crippen LogP contribution in [0.4, 0.5) is 0 Å². The van der Waals surface area contributed by atoms with E-state index in [0.717, 1.165) is 11.1 Å². The lowest BCUT2D eigenvalue weighted by atomic mass is 10.1. The molecule has 0 aromatic heterocycles. The average Bonchev–Trinajstić information content (AvgIpc) is 2.39. The molecule has 1 amide bonds. The normalized spacial score (nSPS) is 24.1. The minimum absolute atomic E-state index is 0.0471. The van der Waals surface area contributed by atoms with Gasteiger partial charge in [-0.2, -0.15) is 0 Å². The molecular formula is C14H20N2O2. The number of hydrogen-bond donors (Lipinski definition) is 1. The summed E-state index contributed by atoms with van der Waals surface area (Å²) in [6.07, 6.45) is -0.0471. The molecule has 1 aromatic carbocycles. The van der Waals surface area contributed by atoms with E-state index in [1.54, 1.807) is 0 Å². The quantitative estimate of drug-likeness (QED) is 0.855. The van der Waals surface area contributed by atoms with Crippen LogP contribution in [0.1, 0.15) is 22.8 Å². The molecule has 1 aliphatic heterocycles. The van der Waals surface area contributed by atoms with Crippen molar-refractivity contribution >= 4 is 5.91 Å². The summed E-state index contributed by atoms with van der Waals surface area (Å²) in [6.45, 7) is 5.54. The predicted molar refractivity (Wildman–Crippen MR) is 70.5 cm³/mol. The Morgan fingerprint density at radius 3 is 2.89 bits per heavy atom. The molecule has 0 spiro atoms. The van der Waals surface area contributed by atoms with Gasteiger partial charge in [-0.25, -0.2) is 0 Å². The minimum atomic E-state index is -0.0471. The van der Waals surface area contributed by atoms with Crippen LogP contribution in [0.25, 0.3) is 0 Å². The van der Waals surface area contributed by atoms with Gasteiger partial charge in [0.2, 0.25) is 0 Å². The number of amides is 1. The average molecular weight is 248 g/mol. The molecule has 0 bridgehead atoms. The molecule has 2 unspecified atom stereocenters. The van der Waals surface area contributed by atoms with Crippen LogP contribution in [0.15, 0.2) is 24.3 Å². The molecule has 0 saturated carbocycles. The van der Waals surface area contributed by atoms with Gasteiger partial charge < -0.3 is 15.4 Å². The van der Waals surface area contributed by atoms with Gasteiger partial charge in [0.1, 0.15) is 0 Å². The van der Waals surface area contributed by atoms with Gasteiger partial charge in [-0.15, -0.1) is 0 Å². The fourth-order valence-corrected chi connectivity index (χ4v) is 2.21. The van der Waals surface area contributed by atoms with Crippen molar-refractivity contribution in [2.24, 2.45) is 5.73 Å². The first kappa shape index (κ1) is 13.1.